The molecule has 0 saturated carbocycles. The predicted octanol–water partition coefficient (Wildman–Crippen LogP) is 1.65. The molecule has 2 rings (SSSR count). The summed E-state index contributed by atoms with van der Waals surface area (Å²) in [5, 5.41) is 0. The zero-order valence-electron chi connectivity index (χ0n) is 14.8. The minimum atomic E-state index is -3.62. The molecule has 0 bridgehead atoms. The Morgan fingerprint density at radius 3 is 2.67 bits per heavy atom. The van der Waals surface area contributed by atoms with Crippen LogP contribution >= 0.6 is 11.3 Å². The molecule has 6 nitrogen and oxygen atoms in total. The number of carbonyl (C=O) groups excluding carboxylic acids is 1. The van der Waals surface area contributed by atoms with Gasteiger partial charge in [0.15, 0.2) is 0 Å². The Morgan fingerprint density at radius 2 is 2.12 bits per heavy atom. The second-order valence-corrected chi connectivity index (χ2v) is 10.6. The lowest BCUT2D eigenvalue weighted by atomic mass is 9.93. The molecular formula is C16H27N3O3S2. The van der Waals surface area contributed by atoms with Gasteiger partial charge in [0.2, 0.25) is 5.91 Å². The van der Waals surface area contributed by atoms with Gasteiger partial charge in [-0.05, 0) is 43.9 Å². The summed E-state index contributed by atoms with van der Waals surface area (Å²) in [5.74, 6) is -0.147. The number of hydrogen-bond acceptors (Lipinski definition) is 5. The number of carbonyl (C=O) groups is 1. The minimum Gasteiger partial charge on any atom is -0.344 e. The number of aryl methyl sites for hydroxylation is 1. The van der Waals surface area contributed by atoms with Crippen molar-refractivity contribution in [3.8, 4) is 0 Å². The molecule has 1 amide bonds. The van der Waals surface area contributed by atoms with Crippen LogP contribution in [0.15, 0.2) is 16.3 Å². The maximum absolute atomic E-state index is 12.9. The highest BCUT2D eigenvalue weighted by Crippen LogP contribution is 2.31. The lowest BCUT2D eigenvalue weighted by molar-refractivity contribution is -0.134. The Hall–Kier alpha value is -0.960. The second-order valence-electron chi connectivity index (χ2n) is 7.20. The van der Waals surface area contributed by atoms with Gasteiger partial charge in [-0.3, -0.25) is 4.79 Å². The molecule has 2 N–H and O–H groups in total. The zero-order chi connectivity index (χ0) is 18.1. The first-order chi connectivity index (χ1) is 11.1. The highest BCUT2D eigenvalue weighted by Gasteiger charge is 2.41. The fourth-order valence-corrected chi connectivity index (χ4v) is 6.04. The third kappa shape index (κ3) is 3.99. The van der Waals surface area contributed by atoms with Crippen molar-refractivity contribution < 1.29 is 13.2 Å². The van der Waals surface area contributed by atoms with Crippen LogP contribution in [-0.2, 0) is 14.8 Å². The Labute approximate surface area is 148 Å². The van der Waals surface area contributed by atoms with Crippen LogP contribution in [0.2, 0.25) is 0 Å². The van der Waals surface area contributed by atoms with Gasteiger partial charge >= 0.3 is 0 Å². The van der Waals surface area contributed by atoms with Gasteiger partial charge in [0, 0.05) is 25.0 Å². The van der Waals surface area contributed by atoms with Crippen LogP contribution in [-0.4, -0.2) is 56.3 Å². The Morgan fingerprint density at radius 1 is 1.46 bits per heavy atom. The van der Waals surface area contributed by atoms with Crippen LogP contribution in [0, 0.1) is 12.3 Å². The van der Waals surface area contributed by atoms with Gasteiger partial charge in [0.05, 0.1) is 0 Å². The topological polar surface area (TPSA) is 83.7 Å². The molecule has 0 aromatic carbocycles. The lowest BCUT2D eigenvalue weighted by Gasteiger charge is -2.32. The Bertz CT molecular complexity index is 697. The molecule has 1 saturated heterocycles. The summed E-state index contributed by atoms with van der Waals surface area (Å²) >= 11 is 1.25. The summed E-state index contributed by atoms with van der Waals surface area (Å²) in [6.07, 6.45) is 1.27. The number of sulfonamides is 1. The Kier molecular flexibility index (Phi) is 5.74. The molecular weight excluding hydrogens is 346 g/mol. The monoisotopic (exact) mass is 373 g/mol. The summed E-state index contributed by atoms with van der Waals surface area (Å²) < 4.78 is 27.4. The van der Waals surface area contributed by atoms with Crippen molar-refractivity contribution >= 4 is 27.3 Å². The van der Waals surface area contributed by atoms with Crippen molar-refractivity contribution in [2.45, 2.75) is 43.9 Å². The summed E-state index contributed by atoms with van der Waals surface area (Å²) in [7, 11) is -1.89. The van der Waals surface area contributed by atoms with Gasteiger partial charge in [0.25, 0.3) is 10.0 Å². The molecule has 136 valence electrons. The van der Waals surface area contributed by atoms with Crippen molar-refractivity contribution in [1.29, 1.82) is 0 Å². The molecule has 1 aromatic rings. The first-order valence-electron chi connectivity index (χ1n) is 8.12. The molecule has 1 aromatic heterocycles. The summed E-state index contributed by atoms with van der Waals surface area (Å²) in [4.78, 5) is 15.4. The Balaban J connectivity index is 2.19. The van der Waals surface area contributed by atoms with E-state index in [0.29, 0.717) is 36.7 Å². The standard InChI is InChI=1S/C16H27N3O3S2/c1-12-7-8-14(23-12)24(21,22)19-9-5-6-13(19)15(20)18(4)11-16(2,3)10-17/h7-8,13H,5-6,9-11,17H2,1-4H3. The van der Waals surface area contributed by atoms with Crippen LogP contribution < -0.4 is 5.73 Å². The van der Waals surface area contributed by atoms with Crippen LogP contribution in [0.1, 0.15) is 31.6 Å². The van der Waals surface area contributed by atoms with Crippen molar-refractivity contribution in [3.63, 3.8) is 0 Å². The van der Waals surface area contributed by atoms with E-state index in [1.54, 1.807) is 24.1 Å². The van der Waals surface area contributed by atoms with Crippen molar-refractivity contribution in [2.24, 2.45) is 11.1 Å². The lowest BCUT2D eigenvalue weighted by Crippen LogP contribution is -2.49. The molecule has 0 radical (unpaired) electrons. The van der Waals surface area contributed by atoms with Crippen molar-refractivity contribution in [1.82, 2.24) is 9.21 Å². The first kappa shape index (κ1) is 19.4. The summed E-state index contributed by atoms with van der Waals surface area (Å²) in [6, 6.07) is 2.80. The van der Waals surface area contributed by atoms with Gasteiger partial charge in [-0.2, -0.15) is 4.31 Å². The third-order valence-electron chi connectivity index (χ3n) is 4.36. The van der Waals surface area contributed by atoms with Gasteiger partial charge < -0.3 is 10.6 Å². The fourth-order valence-electron chi connectivity index (χ4n) is 2.98. The molecule has 1 aliphatic heterocycles. The van der Waals surface area contributed by atoms with Gasteiger partial charge in [-0.15, -0.1) is 11.3 Å². The number of nitrogens with zero attached hydrogens (tertiary/aromatic N) is 2. The quantitative estimate of drug-likeness (QED) is 0.822. The molecule has 1 atom stereocenters. The minimum absolute atomic E-state index is 0.147. The molecule has 1 unspecified atom stereocenters. The number of thiophene rings is 1. The highest BCUT2D eigenvalue weighted by molar-refractivity contribution is 7.91. The van der Waals surface area contributed by atoms with E-state index in [1.807, 2.05) is 20.8 Å². The van der Waals surface area contributed by atoms with E-state index >= 15 is 0 Å². The summed E-state index contributed by atoms with van der Waals surface area (Å²) in [5.41, 5.74) is 5.54. The average Bonchev–Trinajstić information content (AvgIpc) is 3.15. The van der Waals surface area contributed by atoms with Gasteiger partial charge in [-0.25, -0.2) is 8.42 Å². The van der Waals surface area contributed by atoms with Crippen molar-refractivity contribution in [2.75, 3.05) is 26.7 Å². The van der Waals surface area contributed by atoms with Crippen molar-refractivity contribution in [3.05, 3.63) is 17.0 Å². The number of hydrogen-bond donors (Lipinski definition) is 1. The van der Waals surface area contributed by atoms with E-state index in [0.717, 1.165) is 4.88 Å². The number of likely N-dealkylation sites (N-methyl/N-ethyl adjacent to an activating group) is 1. The number of amides is 1. The molecule has 1 fully saturated rings. The van der Waals surface area contributed by atoms with E-state index in [2.05, 4.69) is 0 Å². The largest absolute Gasteiger partial charge is 0.344 e. The van der Waals surface area contributed by atoms with Gasteiger partial charge in [-0.1, -0.05) is 13.8 Å². The zero-order valence-corrected chi connectivity index (χ0v) is 16.4. The predicted molar refractivity (Wildman–Crippen MR) is 96.4 cm³/mol. The maximum Gasteiger partial charge on any atom is 0.253 e. The van der Waals surface area contributed by atoms with E-state index in [-0.39, 0.29) is 11.3 Å². The van der Waals surface area contributed by atoms with Crippen LogP contribution in [0.25, 0.3) is 0 Å². The molecule has 0 spiro atoms. The molecule has 2 heterocycles. The number of rotatable bonds is 6. The van der Waals surface area contributed by atoms with E-state index in [4.69, 9.17) is 5.73 Å². The van der Waals surface area contributed by atoms with E-state index in [1.165, 1.54) is 15.6 Å². The van der Waals surface area contributed by atoms with E-state index < -0.39 is 16.1 Å². The van der Waals surface area contributed by atoms with Crippen LogP contribution in [0.5, 0.6) is 0 Å². The molecule has 24 heavy (non-hydrogen) atoms. The van der Waals surface area contributed by atoms with Crippen LogP contribution in [0.4, 0.5) is 0 Å². The smallest absolute Gasteiger partial charge is 0.253 e. The average molecular weight is 374 g/mol. The normalized spacial score (nSPS) is 19.6. The SMILES string of the molecule is Cc1ccc(S(=O)(=O)N2CCCC2C(=O)N(C)CC(C)(C)CN)s1. The van der Waals surface area contributed by atoms with Crippen LogP contribution in [0.3, 0.4) is 0 Å². The molecule has 0 aliphatic carbocycles. The highest BCUT2D eigenvalue weighted by atomic mass is 32.2. The summed E-state index contributed by atoms with van der Waals surface area (Å²) in [6.45, 7) is 7.22. The third-order valence-corrected chi connectivity index (χ3v) is 7.74. The molecule has 8 heteroatoms. The maximum atomic E-state index is 12.9. The second kappa shape index (κ2) is 7.11. The fraction of sp³-hybridized carbons (Fsp3) is 0.688. The molecule has 1 aliphatic rings. The van der Waals surface area contributed by atoms with Gasteiger partial charge in [0.1, 0.15) is 10.3 Å². The van der Waals surface area contributed by atoms with E-state index in [9.17, 15) is 13.2 Å². The number of nitrogens with two attached hydrogens (primary N) is 1. The first-order valence-corrected chi connectivity index (χ1v) is 10.4.